The number of aliphatic hydroxyl groups is 1. The predicted molar refractivity (Wildman–Crippen MR) is 45.0 cm³/mol. The molecule has 1 heteroatoms. The average Bonchev–Trinajstić information content (AvgIpc) is 1.89. The molecule has 1 N–H and O–H groups in total. The number of unbranched alkanes of at least 4 members (excludes halogenated alkanes) is 1. The second-order valence-electron chi connectivity index (χ2n) is 3.11. The van der Waals surface area contributed by atoms with E-state index in [0.29, 0.717) is 6.61 Å². The monoisotopic (exact) mass is 144 g/mol. The van der Waals surface area contributed by atoms with Crippen LogP contribution in [0.15, 0.2) is 0 Å². The van der Waals surface area contributed by atoms with Crippen LogP contribution in [0.2, 0.25) is 0 Å². The summed E-state index contributed by atoms with van der Waals surface area (Å²) in [6, 6.07) is 0. The SMILES string of the molecule is CCC[C@H](C)CCCCO. The maximum atomic E-state index is 8.51. The van der Waals surface area contributed by atoms with Crippen LogP contribution in [-0.4, -0.2) is 11.7 Å². The second kappa shape index (κ2) is 7.07. The van der Waals surface area contributed by atoms with Gasteiger partial charge in [0, 0.05) is 6.61 Å². The van der Waals surface area contributed by atoms with Crippen LogP contribution in [0.1, 0.15) is 46.0 Å². The maximum Gasteiger partial charge on any atom is 0.0431 e. The third kappa shape index (κ3) is 6.09. The Kier molecular flexibility index (Phi) is 7.04. The highest BCUT2D eigenvalue weighted by Crippen LogP contribution is 2.12. The summed E-state index contributed by atoms with van der Waals surface area (Å²) in [4.78, 5) is 0. The van der Waals surface area contributed by atoms with E-state index in [-0.39, 0.29) is 0 Å². The van der Waals surface area contributed by atoms with E-state index in [9.17, 15) is 0 Å². The summed E-state index contributed by atoms with van der Waals surface area (Å²) in [6.07, 6.45) is 6.09. The summed E-state index contributed by atoms with van der Waals surface area (Å²) >= 11 is 0. The van der Waals surface area contributed by atoms with Crippen molar-refractivity contribution in [3.63, 3.8) is 0 Å². The first kappa shape index (κ1) is 9.96. The Hall–Kier alpha value is -0.0400. The van der Waals surface area contributed by atoms with E-state index in [0.717, 1.165) is 12.3 Å². The highest BCUT2D eigenvalue weighted by molar-refractivity contribution is 4.51. The van der Waals surface area contributed by atoms with Gasteiger partial charge in [-0.25, -0.2) is 0 Å². The van der Waals surface area contributed by atoms with Gasteiger partial charge in [-0.2, -0.15) is 0 Å². The van der Waals surface area contributed by atoms with Crippen LogP contribution in [-0.2, 0) is 0 Å². The fourth-order valence-corrected chi connectivity index (χ4v) is 1.24. The third-order valence-corrected chi connectivity index (χ3v) is 1.89. The van der Waals surface area contributed by atoms with Gasteiger partial charge in [-0.05, 0) is 12.3 Å². The van der Waals surface area contributed by atoms with E-state index >= 15 is 0 Å². The molecule has 0 rings (SSSR count). The number of rotatable bonds is 6. The summed E-state index contributed by atoms with van der Waals surface area (Å²) in [5, 5.41) is 8.51. The lowest BCUT2D eigenvalue weighted by molar-refractivity contribution is 0.278. The standard InChI is InChI=1S/C9H20O/c1-3-6-9(2)7-4-5-8-10/h9-10H,3-8H2,1-2H3/t9-/m0/s1. The molecule has 0 aromatic carbocycles. The second-order valence-corrected chi connectivity index (χ2v) is 3.11. The molecule has 0 aromatic heterocycles. The molecule has 1 nitrogen and oxygen atoms in total. The zero-order chi connectivity index (χ0) is 7.82. The van der Waals surface area contributed by atoms with Crippen molar-refractivity contribution < 1.29 is 5.11 Å². The van der Waals surface area contributed by atoms with E-state index in [2.05, 4.69) is 13.8 Å². The molecule has 0 heterocycles. The molecule has 62 valence electrons. The summed E-state index contributed by atoms with van der Waals surface area (Å²) in [6.45, 7) is 4.88. The summed E-state index contributed by atoms with van der Waals surface area (Å²) in [5.41, 5.74) is 0. The first-order valence-electron chi connectivity index (χ1n) is 4.42. The van der Waals surface area contributed by atoms with Crippen LogP contribution in [0.4, 0.5) is 0 Å². The molecule has 0 aliphatic heterocycles. The van der Waals surface area contributed by atoms with Crippen molar-refractivity contribution in [1.82, 2.24) is 0 Å². The highest BCUT2D eigenvalue weighted by Gasteiger charge is 1.98. The zero-order valence-electron chi connectivity index (χ0n) is 7.27. The maximum absolute atomic E-state index is 8.51. The minimum absolute atomic E-state index is 0.360. The largest absolute Gasteiger partial charge is 0.396 e. The van der Waals surface area contributed by atoms with Gasteiger partial charge in [0.15, 0.2) is 0 Å². The molecule has 0 aliphatic carbocycles. The van der Waals surface area contributed by atoms with Gasteiger partial charge >= 0.3 is 0 Å². The minimum Gasteiger partial charge on any atom is -0.396 e. The Bertz CT molecular complexity index is 61.7. The van der Waals surface area contributed by atoms with E-state index < -0.39 is 0 Å². The Morgan fingerprint density at radius 3 is 2.40 bits per heavy atom. The normalized spacial score (nSPS) is 13.5. The van der Waals surface area contributed by atoms with Crippen LogP contribution in [0.5, 0.6) is 0 Å². The van der Waals surface area contributed by atoms with Crippen LogP contribution < -0.4 is 0 Å². The van der Waals surface area contributed by atoms with Gasteiger partial charge < -0.3 is 5.11 Å². The fourth-order valence-electron chi connectivity index (χ4n) is 1.24. The summed E-state index contributed by atoms with van der Waals surface area (Å²) in [5.74, 6) is 0.858. The molecule has 0 aromatic rings. The molecule has 0 amide bonds. The Morgan fingerprint density at radius 1 is 1.20 bits per heavy atom. The lowest BCUT2D eigenvalue weighted by Crippen LogP contribution is -1.94. The lowest BCUT2D eigenvalue weighted by atomic mass is 9.99. The van der Waals surface area contributed by atoms with Gasteiger partial charge in [0.1, 0.15) is 0 Å². The summed E-state index contributed by atoms with van der Waals surface area (Å²) in [7, 11) is 0. The highest BCUT2D eigenvalue weighted by atomic mass is 16.2. The molecule has 0 bridgehead atoms. The van der Waals surface area contributed by atoms with Gasteiger partial charge in [0.25, 0.3) is 0 Å². The van der Waals surface area contributed by atoms with Crippen molar-refractivity contribution in [3.8, 4) is 0 Å². The zero-order valence-corrected chi connectivity index (χ0v) is 7.27. The van der Waals surface area contributed by atoms with Crippen molar-refractivity contribution in [2.45, 2.75) is 46.0 Å². The van der Waals surface area contributed by atoms with Crippen molar-refractivity contribution in [3.05, 3.63) is 0 Å². The fraction of sp³-hybridized carbons (Fsp3) is 1.00. The number of hydrogen-bond donors (Lipinski definition) is 1. The smallest absolute Gasteiger partial charge is 0.0431 e. The van der Waals surface area contributed by atoms with Crippen LogP contribution in [0.25, 0.3) is 0 Å². The Balaban J connectivity index is 2.97. The Labute approximate surface area is 64.5 Å². The topological polar surface area (TPSA) is 20.2 Å². The first-order valence-corrected chi connectivity index (χ1v) is 4.42. The van der Waals surface area contributed by atoms with Crippen LogP contribution >= 0.6 is 0 Å². The predicted octanol–water partition coefficient (Wildman–Crippen LogP) is 2.59. The molecule has 0 saturated heterocycles. The molecule has 1 atom stereocenters. The molecule has 0 unspecified atom stereocenters. The molecule has 0 radical (unpaired) electrons. The number of aliphatic hydroxyl groups excluding tert-OH is 1. The van der Waals surface area contributed by atoms with Crippen molar-refractivity contribution >= 4 is 0 Å². The van der Waals surface area contributed by atoms with Crippen molar-refractivity contribution in [2.75, 3.05) is 6.61 Å². The molecule has 0 saturated carbocycles. The van der Waals surface area contributed by atoms with Crippen molar-refractivity contribution in [1.29, 1.82) is 0 Å². The molecule has 0 fully saturated rings. The third-order valence-electron chi connectivity index (χ3n) is 1.89. The first-order chi connectivity index (χ1) is 4.81. The van der Waals surface area contributed by atoms with Crippen LogP contribution in [0.3, 0.4) is 0 Å². The number of hydrogen-bond acceptors (Lipinski definition) is 1. The Morgan fingerprint density at radius 2 is 1.90 bits per heavy atom. The lowest BCUT2D eigenvalue weighted by Gasteiger charge is -2.07. The van der Waals surface area contributed by atoms with E-state index in [4.69, 9.17) is 5.11 Å². The van der Waals surface area contributed by atoms with E-state index in [1.807, 2.05) is 0 Å². The van der Waals surface area contributed by atoms with Gasteiger partial charge in [0.05, 0.1) is 0 Å². The molecule has 10 heavy (non-hydrogen) atoms. The van der Waals surface area contributed by atoms with Gasteiger partial charge in [-0.1, -0.05) is 39.5 Å². The van der Waals surface area contributed by atoms with Gasteiger partial charge in [-0.15, -0.1) is 0 Å². The quantitative estimate of drug-likeness (QED) is 0.568. The van der Waals surface area contributed by atoms with Crippen LogP contribution in [0, 0.1) is 5.92 Å². The van der Waals surface area contributed by atoms with Crippen molar-refractivity contribution in [2.24, 2.45) is 5.92 Å². The van der Waals surface area contributed by atoms with E-state index in [1.54, 1.807) is 0 Å². The minimum atomic E-state index is 0.360. The molecule has 0 aliphatic rings. The molecule has 0 spiro atoms. The average molecular weight is 144 g/mol. The molecular weight excluding hydrogens is 124 g/mol. The molecular formula is C9H20O. The van der Waals surface area contributed by atoms with Gasteiger partial charge in [0.2, 0.25) is 0 Å². The van der Waals surface area contributed by atoms with Gasteiger partial charge in [-0.3, -0.25) is 0 Å². The van der Waals surface area contributed by atoms with E-state index in [1.165, 1.54) is 25.7 Å². The summed E-state index contributed by atoms with van der Waals surface area (Å²) < 4.78 is 0.